The Balaban J connectivity index is 1.82. The lowest BCUT2D eigenvalue weighted by molar-refractivity contribution is 0.0938. The molecule has 0 bridgehead atoms. The van der Waals surface area contributed by atoms with Crippen molar-refractivity contribution in [1.29, 1.82) is 0 Å². The molecular weight excluding hydrogens is 454 g/mol. The Morgan fingerprint density at radius 1 is 0.824 bits per heavy atom. The van der Waals surface area contributed by atoms with Crippen molar-refractivity contribution < 1.29 is 22.7 Å². The summed E-state index contributed by atoms with van der Waals surface area (Å²) in [7, 11) is -2.29. The number of carbonyl (C=O) groups excluding carboxylic acids is 2. The number of para-hydroxylation sites is 1. The van der Waals surface area contributed by atoms with E-state index in [1.165, 1.54) is 19.2 Å². The minimum atomic E-state index is -3.83. The minimum absolute atomic E-state index is 0.126. The van der Waals surface area contributed by atoms with Crippen LogP contribution in [0.15, 0.2) is 71.6 Å². The van der Waals surface area contributed by atoms with Crippen LogP contribution >= 0.6 is 0 Å². The van der Waals surface area contributed by atoms with Crippen molar-refractivity contribution >= 4 is 33.2 Å². The lowest BCUT2D eigenvalue weighted by atomic mass is 10.1. The standard InChI is InChI=1S/C25H27N3O5S/c1-17-11-13-19(14-12-17)34(31,32)28-22-10-6-8-20(18(22)2)25(30)27-23-9-5-4-7-21(23)24(29)26-15-16-33-3/h4-14,28H,15-16H2,1-3H3,(H,26,29)(H,27,30). The zero-order valence-corrected chi connectivity index (χ0v) is 20.0. The first-order valence-electron chi connectivity index (χ1n) is 10.6. The number of nitrogens with one attached hydrogen (secondary N) is 3. The van der Waals surface area contributed by atoms with Crippen molar-refractivity contribution in [2.24, 2.45) is 0 Å². The van der Waals surface area contributed by atoms with E-state index in [-0.39, 0.29) is 16.4 Å². The highest BCUT2D eigenvalue weighted by atomic mass is 32.2. The Labute approximate surface area is 199 Å². The van der Waals surface area contributed by atoms with E-state index in [0.29, 0.717) is 35.7 Å². The summed E-state index contributed by atoms with van der Waals surface area (Å²) in [5.41, 5.74) is 2.62. The molecule has 178 valence electrons. The van der Waals surface area contributed by atoms with Gasteiger partial charge in [-0.05, 0) is 55.8 Å². The molecule has 0 aliphatic carbocycles. The van der Waals surface area contributed by atoms with Crippen LogP contribution in [0.4, 0.5) is 11.4 Å². The van der Waals surface area contributed by atoms with Crippen LogP contribution in [0.1, 0.15) is 31.8 Å². The van der Waals surface area contributed by atoms with Gasteiger partial charge in [-0.25, -0.2) is 8.42 Å². The average molecular weight is 482 g/mol. The maximum atomic E-state index is 13.1. The Morgan fingerprint density at radius 2 is 1.47 bits per heavy atom. The molecule has 0 heterocycles. The molecule has 0 radical (unpaired) electrons. The molecule has 0 aliphatic heterocycles. The smallest absolute Gasteiger partial charge is 0.261 e. The predicted octanol–water partition coefficient (Wildman–Crippen LogP) is 3.73. The molecule has 3 rings (SSSR count). The summed E-state index contributed by atoms with van der Waals surface area (Å²) in [6.07, 6.45) is 0. The van der Waals surface area contributed by atoms with E-state index in [1.807, 2.05) is 6.92 Å². The Morgan fingerprint density at radius 3 is 2.18 bits per heavy atom. The second-order valence-corrected chi connectivity index (χ2v) is 9.33. The number of hydrogen-bond donors (Lipinski definition) is 3. The lowest BCUT2D eigenvalue weighted by Crippen LogP contribution is -2.28. The number of carbonyl (C=O) groups is 2. The van der Waals surface area contributed by atoms with Crippen molar-refractivity contribution in [3.8, 4) is 0 Å². The third kappa shape index (κ3) is 6.00. The van der Waals surface area contributed by atoms with Crippen molar-refractivity contribution in [3.63, 3.8) is 0 Å². The van der Waals surface area contributed by atoms with Gasteiger partial charge >= 0.3 is 0 Å². The Kier molecular flexibility index (Phi) is 8.04. The Hall–Kier alpha value is -3.69. The van der Waals surface area contributed by atoms with Crippen molar-refractivity contribution in [1.82, 2.24) is 5.32 Å². The maximum Gasteiger partial charge on any atom is 0.261 e. The van der Waals surface area contributed by atoms with E-state index in [2.05, 4.69) is 15.4 Å². The summed E-state index contributed by atoms with van der Waals surface area (Å²) < 4.78 is 33.1. The number of sulfonamides is 1. The molecule has 9 heteroatoms. The molecule has 34 heavy (non-hydrogen) atoms. The topological polar surface area (TPSA) is 114 Å². The third-order valence-electron chi connectivity index (χ3n) is 5.17. The van der Waals surface area contributed by atoms with Crippen LogP contribution in [0.2, 0.25) is 0 Å². The second-order valence-electron chi connectivity index (χ2n) is 7.65. The number of amides is 2. The highest BCUT2D eigenvalue weighted by Gasteiger charge is 2.19. The molecule has 0 unspecified atom stereocenters. The molecule has 0 saturated heterocycles. The van der Waals surface area contributed by atoms with Crippen LogP contribution in [0.25, 0.3) is 0 Å². The van der Waals surface area contributed by atoms with Gasteiger partial charge in [-0.3, -0.25) is 14.3 Å². The van der Waals surface area contributed by atoms with Gasteiger partial charge in [-0.1, -0.05) is 35.9 Å². The molecule has 3 N–H and O–H groups in total. The van der Waals surface area contributed by atoms with Gasteiger partial charge in [-0.2, -0.15) is 0 Å². The van der Waals surface area contributed by atoms with Crippen LogP contribution in [0.3, 0.4) is 0 Å². The van der Waals surface area contributed by atoms with E-state index in [9.17, 15) is 18.0 Å². The molecule has 0 saturated carbocycles. The predicted molar refractivity (Wildman–Crippen MR) is 132 cm³/mol. The Bertz CT molecular complexity index is 1290. The number of hydrogen-bond acceptors (Lipinski definition) is 5. The molecule has 0 fully saturated rings. The molecule has 8 nitrogen and oxygen atoms in total. The molecule has 2 amide bonds. The lowest BCUT2D eigenvalue weighted by Gasteiger charge is -2.15. The maximum absolute atomic E-state index is 13.1. The fraction of sp³-hybridized carbons (Fsp3) is 0.200. The first-order valence-corrected chi connectivity index (χ1v) is 12.1. The average Bonchev–Trinajstić information content (AvgIpc) is 2.81. The van der Waals surface area contributed by atoms with Gasteiger partial charge in [0.05, 0.1) is 28.4 Å². The van der Waals surface area contributed by atoms with Crippen LogP contribution in [0, 0.1) is 13.8 Å². The molecule has 3 aromatic rings. The van der Waals surface area contributed by atoms with Crippen molar-refractivity contribution in [2.75, 3.05) is 30.3 Å². The van der Waals surface area contributed by atoms with Gasteiger partial charge in [0, 0.05) is 19.2 Å². The number of benzene rings is 3. The molecule has 0 atom stereocenters. The molecule has 0 spiro atoms. The number of aryl methyl sites for hydroxylation is 1. The van der Waals surface area contributed by atoms with E-state index in [0.717, 1.165) is 5.56 Å². The van der Waals surface area contributed by atoms with Crippen molar-refractivity contribution in [2.45, 2.75) is 18.7 Å². The summed E-state index contributed by atoms with van der Waals surface area (Å²) in [6, 6.07) is 17.9. The summed E-state index contributed by atoms with van der Waals surface area (Å²) in [4.78, 5) is 25.7. The number of rotatable bonds is 9. The van der Waals surface area contributed by atoms with Crippen LogP contribution < -0.4 is 15.4 Å². The molecule has 3 aromatic carbocycles. The first-order chi connectivity index (χ1) is 16.2. The summed E-state index contributed by atoms with van der Waals surface area (Å²) in [5.74, 6) is -0.810. The van der Waals surface area contributed by atoms with Gasteiger partial charge < -0.3 is 15.4 Å². The van der Waals surface area contributed by atoms with E-state index < -0.39 is 15.9 Å². The van der Waals surface area contributed by atoms with Crippen molar-refractivity contribution in [3.05, 3.63) is 89.0 Å². The monoisotopic (exact) mass is 481 g/mol. The van der Waals surface area contributed by atoms with E-state index in [1.54, 1.807) is 61.5 Å². The normalized spacial score (nSPS) is 11.0. The first kappa shape index (κ1) is 24.9. The van der Waals surface area contributed by atoms with E-state index >= 15 is 0 Å². The largest absolute Gasteiger partial charge is 0.383 e. The third-order valence-corrected chi connectivity index (χ3v) is 6.55. The number of anilines is 2. The van der Waals surface area contributed by atoms with Gasteiger partial charge in [0.25, 0.3) is 21.8 Å². The number of methoxy groups -OCH3 is 1. The summed E-state index contributed by atoms with van der Waals surface area (Å²) in [6.45, 7) is 4.23. The van der Waals surface area contributed by atoms with Gasteiger partial charge in [0.1, 0.15) is 0 Å². The second kappa shape index (κ2) is 11.0. The highest BCUT2D eigenvalue weighted by Crippen LogP contribution is 2.24. The fourth-order valence-electron chi connectivity index (χ4n) is 3.25. The van der Waals surface area contributed by atoms with Gasteiger partial charge in [-0.15, -0.1) is 0 Å². The van der Waals surface area contributed by atoms with Crippen LogP contribution in [-0.4, -0.2) is 40.5 Å². The molecule has 0 aliphatic rings. The quantitative estimate of drug-likeness (QED) is 0.403. The zero-order valence-electron chi connectivity index (χ0n) is 19.2. The minimum Gasteiger partial charge on any atom is -0.383 e. The molecular formula is C25H27N3O5S. The number of ether oxygens (including phenoxy) is 1. The van der Waals surface area contributed by atoms with E-state index in [4.69, 9.17) is 4.74 Å². The SMILES string of the molecule is COCCNC(=O)c1ccccc1NC(=O)c1cccc(NS(=O)(=O)c2ccc(C)cc2)c1C. The van der Waals surface area contributed by atoms with Crippen LogP contribution in [-0.2, 0) is 14.8 Å². The molecule has 0 aromatic heterocycles. The van der Waals surface area contributed by atoms with Gasteiger partial charge in [0.15, 0.2) is 0 Å². The summed E-state index contributed by atoms with van der Waals surface area (Å²) in [5, 5.41) is 5.49. The fourth-order valence-corrected chi connectivity index (χ4v) is 4.38. The summed E-state index contributed by atoms with van der Waals surface area (Å²) >= 11 is 0. The van der Waals surface area contributed by atoms with Crippen LogP contribution in [0.5, 0.6) is 0 Å². The highest BCUT2D eigenvalue weighted by molar-refractivity contribution is 7.92. The zero-order chi connectivity index (χ0) is 24.7. The van der Waals surface area contributed by atoms with Gasteiger partial charge in [0.2, 0.25) is 0 Å².